The molecule has 2 aromatic carbocycles. The van der Waals surface area contributed by atoms with Gasteiger partial charge in [0.25, 0.3) is 0 Å². The second-order valence-corrected chi connectivity index (χ2v) is 6.91. The summed E-state index contributed by atoms with van der Waals surface area (Å²) < 4.78 is 0. The predicted octanol–water partition coefficient (Wildman–Crippen LogP) is 5.14. The molecule has 1 N–H and O–H groups in total. The molecule has 0 saturated heterocycles. The van der Waals surface area contributed by atoms with E-state index in [1.165, 1.54) is 37.2 Å². The zero-order valence-electron chi connectivity index (χ0n) is 13.0. The molecule has 0 bridgehead atoms. The molecule has 0 saturated carbocycles. The zero-order valence-corrected chi connectivity index (χ0v) is 13.8. The highest BCUT2D eigenvalue weighted by Crippen LogP contribution is 2.35. The van der Waals surface area contributed by atoms with Crippen LogP contribution in [0, 0.1) is 20.8 Å². The highest BCUT2D eigenvalue weighted by Gasteiger charge is 2.19. The van der Waals surface area contributed by atoms with Gasteiger partial charge >= 0.3 is 0 Å². The second kappa shape index (κ2) is 5.63. The van der Waals surface area contributed by atoms with Crippen molar-refractivity contribution in [3.05, 3.63) is 68.9 Å². The summed E-state index contributed by atoms with van der Waals surface area (Å²) in [6.45, 7) is 6.60. The summed E-state index contributed by atoms with van der Waals surface area (Å²) in [5, 5.41) is 6.17. The third-order valence-corrected chi connectivity index (χ3v) is 5.45. The van der Waals surface area contributed by atoms with E-state index in [0.717, 1.165) is 0 Å². The fourth-order valence-corrected chi connectivity index (χ4v) is 4.12. The molecule has 1 unspecified atom stereocenters. The van der Waals surface area contributed by atoms with Crippen molar-refractivity contribution in [1.29, 1.82) is 0 Å². The lowest BCUT2D eigenvalue weighted by molar-refractivity contribution is 0.704. The normalized spacial score (nSPS) is 12.8. The van der Waals surface area contributed by atoms with Crippen LogP contribution in [0.1, 0.15) is 32.5 Å². The number of fused-ring (bicyclic) bond motifs is 1. The first-order valence-electron chi connectivity index (χ1n) is 7.34. The van der Waals surface area contributed by atoms with Gasteiger partial charge in [0.05, 0.1) is 6.04 Å². The number of hydrogen-bond donors (Lipinski definition) is 1. The van der Waals surface area contributed by atoms with E-state index in [1.54, 1.807) is 0 Å². The maximum Gasteiger partial charge on any atom is 0.0677 e. The van der Waals surface area contributed by atoms with Crippen LogP contribution in [0.2, 0.25) is 0 Å². The zero-order chi connectivity index (χ0) is 15.0. The fourth-order valence-electron chi connectivity index (χ4n) is 2.96. The van der Waals surface area contributed by atoms with Crippen LogP contribution in [-0.4, -0.2) is 7.05 Å². The van der Waals surface area contributed by atoms with Crippen LogP contribution in [0.4, 0.5) is 0 Å². The molecule has 108 valence electrons. The van der Waals surface area contributed by atoms with Crippen LogP contribution >= 0.6 is 11.3 Å². The average Bonchev–Trinajstić information content (AvgIpc) is 2.81. The summed E-state index contributed by atoms with van der Waals surface area (Å²) in [6.07, 6.45) is 0. The molecule has 0 spiro atoms. The first-order valence-corrected chi connectivity index (χ1v) is 8.16. The van der Waals surface area contributed by atoms with Gasteiger partial charge in [-0.2, -0.15) is 0 Å². The average molecular weight is 295 g/mol. The Hall–Kier alpha value is -1.64. The molecule has 0 amide bonds. The molecule has 21 heavy (non-hydrogen) atoms. The van der Waals surface area contributed by atoms with Gasteiger partial charge in [-0.1, -0.05) is 36.4 Å². The van der Waals surface area contributed by atoms with Gasteiger partial charge in [0.1, 0.15) is 0 Å². The molecule has 1 heterocycles. The summed E-state index contributed by atoms with van der Waals surface area (Å²) in [6, 6.07) is 15.7. The minimum atomic E-state index is 0.258. The molecule has 1 aromatic heterocycles. The number of thiophene rings is 1. The smallest absolute Gasteiger partial charge is 0.0677 e. The number of nitrogens with one attached hydrogen (secondary N) is 1. The molecule has 0 fully saturated rings. The summed E-state index contributed by atoms with van der Waals surface area (Å²) in [5.74, 6) is 0. The first-order chi connectivity index (χ1) is 10.1. The molecule has 0 aliphatic heterocycles. The first kappa shape index (κ1) is 14.3. The van der Waals surface area contributed by atoms with E-state index < -0.39 is 0 Å². The number of benzene rings is 2. The summed E-state index contributed by atoms with van der Waals surface area (Å²) in [7, 11) is 2.05. The number of aryl methyl sites for hydroxylation is 3. The quantitative estimate of drug-likeness (QED) is 0.706. The van der Waals surface area contributed by atoms with Crippen LogP contribution in [-0.2, 0) is 0 Å². The van der Waals surface area contributed by atoms with Crippen molar-refractivity contribution >= 4 is 22.1 Å². The highest BCUT2D eigenvalue weighted by molar-refractivity contribution is 7.12. The second-order valence-electron chi connectivity index (χ2n) is 5.63. The topological polar surface area (TPSA) is 12.0 Å². The van der Waals surface area contributed by atoms with Crippen LogP contribution < -0.4 is 5.32 Å². The maximum absolute atomic E-state index is 3.52. The largest absolute Gasteiger partial charge is 0.309 e. The molecule has 0 radical (unpaired) electrons. The molecule has 0 aliphatic rings. The third-order valence-electron chi connectivity index (χ3n) is 4.24. The van der Waals surface area contributed by atoms with Gasteiger partial charge in [0.2, 0.25) is 0 Å². The fraction of sp³-hybridized carbons (Fsp3) is 0.263. The molecule has 3 rings (SSSR count). The molecular formula is C19H21NS. The standard InChI is InChI=1S/C19H21NS/c1-12-9-10-15-7-5-6-8-16(15)18(12)19(20-4)17-11-13(2)14(3)21-17/h5-11,19-20H,1-4H3. The Bertz CT molecular complexity index is 766. The van der Waals surface area contributed by atoms with Gasteiger partial charge in [0, 0.05) is 9.75 Å². The minimum absolute atomic E-state index is 0.258. The number of hydrogen-bond acceptors (Lipinski definition) is 2. The van der Waals surface area contributed by atoms with Crippen LogP contribution in [0.25, 0.3) is 10.8 Å². The lowest BCUT2D eigenvalue weighted by atomic mass is 9.93. The lowest BCUT2D eigenvalue weighted by Crippen LogP contribution is -2.18. The van der Waals surface area contributed by atoms with Gasteiger partial charge in [-0.25, -0.2) is 0 Å². The van der Waals surface area contributed by atoms with Crippen LogP contribution in [0.15, 0.2) is 42.5 Å². The van der Waals surface area contributed by atoms with Gasteiger partial charge in [-0.3, -0.25) is 0 Å². The van der Waals surface area contributed by atoms with E-state index in [2.05, 4.69) is 75.6 Å². The van der Waals surface area contributed by atoms with Gasteiger partial charge in [-0.05, 0) is 61.3 Å². The van der Waals surface area contributed by atoms with Gasteiger partial charge in [-0.15, -0.1) is 11.3 Å². The van der Waals surface area contributed by atoms with Crippen molar-refractivity contribution in [1.82, 2.24) is 5.32 Å². The van der Waals surface area contributed by atoms with E-state index in [9.17, 15) is 0 Å². The minimum Gasteiger partial charge on any atom is -0.309 e. The number of rotatable bonds is 3. The van der Waals surface area contributed by atoms with E-state index in [-0.39, 0.29) is 6.04 Å². The lowest BCUT2D eigenvalue weighted by Gasteiger charge is -2.20. The Labute approximate surface area is 130 Å². The molecular weight excluding hydrogens is 274 g/mol. The van der Waals surface area contributed by atoms with Crippen molar-refractivity contribution in [2.45, 2.75) is 26.8 Å². The Morgan fingerprint density at radius 2 is 1.71 bits per heavy atom. The Morgan fingerprint density at radius 3 is 2.38 bits per heavy atom. The molecule has 0 aliphatic carbocycles. The molecule has 3 aromatic rings. The summed E-state index contributed by atoms with van der Waals surface area (Å²) in [5.41, 5.74) is 4.13. The Morgan fingerprint density at radius 1 is 0.952 bits per heavy atom. The molecule has 2 heteroatoms. The maximum atomic E-state index is 3.52. The van der Waals surface area contributed by atoms with E-state index in [0.29, 0.717) is 0 Å². The molecule has 1 atom stereocenters. The monoisotopic (exact) mass is 295 g/mol. The highest BCUT2D eigenvalue weighted by atomic mass is 32.1. The van der Waals surface area contributed by atoms with Crippen molar-refractivity contribution in [2.24, 2.45) is 0 Å². The van der Waals surface area contributed by atoms with Crippen molar-refractivity contribution in [3.63, 3.8) is 0 Å². The van der Waals surface area contributed by atoms with E-state index in [4.69, 9.17) is 0 Å². The van der Waals surface area contributed by atoms with E-state index >= 15 is 0 Å². The SMILES string of the molecule is CNC(c1cc(C)c(C)s1)c1c(C)ccc2ccccc12. The third kappa shape index (κ3) is 2.50. The van der Waals surface area contributed by atoms with Crippen LogP contribution in [0.3, 0.4) is 0 Å². The van der Waals surface area contributed by atoms with Crippen molar-refractivity contribution in [3.8, 4) is 0 Å². The van der Waals surface area contributed by atoms with Gasteiger partial charge < -0.3 is 5.32 Å². The summed E-state index contributed by atoms with van der Waals surface area (Å²) >= 11 is 1.90. The Kier molecular flexibility index (Phi) is 3.83. The predicted molar refractivity (Wildman–Crippen MR) is 93.4 cm³/mol. The molecule has 1 nitrogen and oxygen atoms in total. The summed E-state index contributed by atoms with van der Waals surface area (Å²) in [4.78, 5) is 2.80. The van der Waals surface area contributed by atoms with Crippen molar-refractivity contribution < 1.29 is 0 Å². The van der Waals surface area contributed by atoms with Gasteiger partial charge in [0.15, 0.2) is 0 Å². The van der Waals surface area contributed by atoms with Crippen molar-refractivity contribution in [2.75, 3.05) is 7.05 Å². The van der Waals surface area contributed by atoms with E-state index in [1.807, 2.05) is 11.3 Å². The van der Waals surface area contributed by atoms with Crippen LogP contribution in [0.5, 0.6) is 0 Å². The Balaban J connectivity index is 2.23.